The molecule has 0 saturated carbocycles. The molecule has 3 heterocycles. The quantitative estimate of drug-likeness (QED) is 0.585. The Hall–Kier alpha value is -2.86. The van der Waals surface area contributed by atoms with Gasteiger partial charge in [0.15, 0.2) is 11.5 Å². The summed E-state index contributed by atoms with van der Waals surface area (Å²) in [6, 6.07) is 14.1. The third kappa shape index (κ3) is 3.72. The number of amides is 1. The Morgan fingerprint density at radius 3 is 2.86 bits per heavy atom. The topological polar surface area (TPSA) is 51.7 Å². The third-order valence-corrected chi connectivity index (χ3v) is 6.37. The van der Waals surface area contributed by atoms with Gasteiger partial charge < -0.3 is 14.4 Å². The van der Waals surface area contributed by atoms with Crippen molar-refractivity contribution in [3.8, 4) is 11.5 Å². The number of aromatic nitrogens is 1. The van der Waals surface area contributed by atoms with Crippen LogP contribution >= 0.6 is 11.3 Å². The van der Waals surface area contributed by atoms with Gasteiger partial charge in [0.1, 0.15) is 5.01 Å². The number of rotatable bonds is 3. The molecule has 6 heteroatoms. The minimum atomic E-state index is 0.0267. The van der Waals surface area contributed by atoms with Gasteiger partial charge in [-0.1, -0.05) is 18.2 Å². The van der Waals surface area contributed by atoms with E-state index in [2.05, 4.69) is 11.1 Å². The van der Waals surface area contributed by atoms with E-state index in [1.165, 1.54) is 0 Å². The molecular formula is C23H22N2O3S. The van der Waals surface area contributed by atoms with Crippen LogP contribution < -0.4 is 9.47 Å². The molecule has 5 nitrogen and oxygen atoms in total. The Labute approximate surface area is 173 Å². The maximum absolute atomic E-state index is 12.9. The van der Waals surface area contributed by atoms with Crippen LogP contribution in [0.3, 0.4) is 0 Å². The van der Waals surface area contributed by atoms with Gasteiger partial charge in [-0.15, -0.1) is 11.3 Å². The zero-order chi connectivity index (χ0) is 19.6. The van der Waals surface area contributed by atoms with E-state index in [4.69, 9.17) is 9.47 Å². The standard InChI is InChI=1S/C23H22N2O3S/c26-23(11-10-22-24-17-5-1-2-7-21(17)29-22)25-12-3-6-18(25)16-8-9-19-20(15-16)28-14-4-13-27-19/h1-2,5,7-11,15,18H,3-4,6,12-14H2/b11-10+. The number of carbonyl (C=O) groups is 1. The van der Waals surface area contributed by atoms with E-state index < -0.39 is 0 Å². The van der Waals surface area contributed by atoms with Crippen LogP contribution in [0.15, 0.2) is 48.5 Å². The number of ether oxygens (including phenoxy) is 2. The van der Waals surface area contributed by atoms with Crippen LogP contribution in [0, 0.1) is 0 Å². The second-order valence-corrected chi connectivity index (χ2v) is 8.36. The molecule has 1 fully saturated rings. The average Bonchev–Trinajstić information content (AvgIpc) is 3.33. The highest BCUT2D eigenvalue weighted by atomic mass is 32.1. The lowest BCUT2D eigenvalue weighted by atomic mass is 10.0. The molecule has 2 aliphatic rings. The number of benzene rings is 2. The minimum absolute atomic E-state index is 0.0267. The van der Waals surface area contributed by atoms with Crippen LogP contribution in [0.1, 0.15) is 35.9 Å². The first-order chi connectivity index (χ1) is 14.3. The maximum Gasteiger partial charge on any atom is 0.247 e. The molecule has 0 bridgehead atoms. The number of hydrogen-bond acceptors (Lipinski definition) is 5. The number of nitrogens with zero attached hydrogens (tertiary/aromatic N) is 2. The second-order valence-electron chi connectivity index (χ2n) is 7.30. The van der Waals surface area contributed by atoms with Crippen LogP contribution in [-0.2, 0) is 4.79 Å². The van der Waals surface area contributed by atoms with Gasteiger partial charge in [0.05, 0.1) is 29.5 Å². The van der Waals surface area contributed by atoms with E-state index >= 15 is 0 Å². The van der Waals surface area contributed by atoms with E-state index in [9.17, 15) is 4.79 Å². The lowest BCUT2D eigenvalue weighted by Crippen LogP contribution is -2.28. The molecule has 5 rings (SSSR count). The fourth-order valence-corrected chi connectivity index (χ4v) is 4.83. The molecule has 29 heavy (non-hydrogen) atoms. The SMILES string of the molecule is O=C(/C=C/c1nc2ccccc2s1)N1CCCC1c1ccc2c(c1)OCCCO2. The fourth-order valence-electron chi connectivity index (χ4n) is 3.96. The first kappa shape index (κ1) is 18.2. The summed E-state index contributed by atoms with van der Waals surface area (Å²) in [5, 5.41) is 0.853. The Morgan fingerprint density at radius 1 is 1.10 bits per heavy atom. The molecule has 1 amide bonds. The average molecular weight is 407 g/mol. The van der Waals surface area contributed by atoms with Gasteiger partial charge in [0.25, 0.3) is 0 Å². The maximum atomic E-state index is 12.9. The van der Waals surface area contributed by atoms with Crippen molar-refractivity contribution in [1.82, 2.24) is 9.88 Å². The van der Waals surface area contributed by atoms with Crippen molar-refractivity contribution >= 4 is 33.5 Å². The van der Waals surface area contributed by atoms with Gasteiger partial charge in [-0.3, -0.25) is 4.79 Å². The highest BCUT2D eigenvalue weighted by molar-refractivity contribution is 7.19. The predicted octanol–water partition coefficient (Wildman–Crippen LogP) is 4.83. The predicted molar refractivity (Wildman–Crippen MR) is 114 cm³/mol. The van der Waals surface area contributed by atoms with Crippen LogP contribution in [0.5, 0.6) is 11.5 Å². The lowest BCUT2D eigenvalue weighted by molar-refractivity contribution is -0.126. The summed E-state index contributed by atoms with van der Waals surface area (Å²) in [4.78, 5) is 19.4. The Balaban J connectivity index is 1.34. The van der Waals surface area contributed by atoms with E-state index in [0.717, 1.165) is 58.1 Å². The number of likely N-dealkylation sites (tertiary alicyclic amines) is 1. The zero-order valence-electron chi connectivity index (χ0n) is 16.0. The molecule has 1 saturated heterocycles. The van der Waals surface area contributed by atoms with Crippen molar-refractivity contribution in [1.29, 1.82) is 0 Å². The summed E-state index contributed by atoms with van der Waals surface area (Å²) >= 11 is 1.60. The van der Waals surface area contributed by atoms with Crippen molar-refractivity contribution in [2.24, 2.45) is 0 Å². The van der Waals surface area contributed by atoms with Crippen molar-refractivity contribution in [3.63, 3.8) is 0 Å². The molecule has 2 aromatic carbocycles. The monoisotopic (exact) mass is 406 g/mol. The summed E-state index contributed by atoms with van der Waals surface area (Å²) in [6.45, 7) is 2.10. The second kappa shape index (κ2) is 7.87. The van der Waals surface area contributed by atoms with Gasteiger partial charge in [-0.25, -0.2) is 4.98 Å². The highest BCUT2D eigenvalue weighted by Gasteiger charge is 2.29. The molecule has 0 radical (unpaired) electrons. The third-order valence-electron chi connectivity index (χ3n) is 5.37. The first-order valence-electron chi connectivity index (χ1n) is 10.0. The number of thiazole rings is 1. The molecular weight excluding hydrogens is 384 g/mol. The minimum Gasteiger partial charge on any atom is -0.490 e. The van der Waals surface area contributed by atoms with Gasteiger partial charge in [0.2, 0.25) is 5.91 Å². The summed E-state index contributed by atoms with van der Waals surface area (Å²) in [6.07, 6.45) is 6.32. The van der Waals surface area contributed by atoms with Crippen LogP contribution in [0.25, 0.3) is 16.3 Å². The largest absolute Gasteiger partial charge is 0.490 e. The zero-order valence-corrected chi connectivity index (χ0v) is 16.9. The van der Waals surface area contributed by atoms with Gasteiger partial charge in [0, 0.05) is 19.0 Å². The molecule has 148 valence electrons. The summed E-state index contributed by atoms with van der Waals surface area (Å²) in [5.41, 5.74) is 2.07. The molecule has 0 aliphatic carbocycles. The Kier molecular flexibility index (Phi) is 4.94. The Morgan fingerprint density at radius 2 is 1.97 bits per heavy atom. The van der Waals surface area contributed by atoms with E-state index in [1.54, 1.807) is 17.4 Å². The lowest BCUT2D eigenvalue weighted by Gasteiger charge is -2.24. The van der Waals surface area contributed by atoms with Gasteiger partial charge >= 0.3 is 0 Å². The van der Waals surface area contributed by atoms with E-state index in [1.807, 2.05) is 47.4 Å². The van der Waals surface area contributed by atoms with Crippen molar-refractivity contribution < 1.29 is 14.3 Å². The summed E-state index contributed by atoms with van der Waals surface area (Å²) in [7, 11) is 0. The first-order valence-corrected chi connectivity index (χ1v) is 10.8. The Bertz CT molecular complexity index is 1040. The summed E-state index contributed by atoms with van der Waals surface area (Å²) < 4.78 is 12.7. The van der Waals surface area contributed by atoms with E-state index in [-0.39, 0.29) is 11.9 Å². The molecule has 3 aromatic rings. The summed E-state index contributed by atoms with van der Waals surface area (Å²) in [5.74, 6) is 1.60. The number of fused-ring (bicyclic) bond motifs is 2. The van der Waals surface area contributed by atoms with Gasteiger partial charge in [-0.05, 0) is 48.7 Å². The van der Waals surface area contributed by atoms with Crippen molar-refractivity contribution in [3.05, 3.63) is 59.1 Å². The number of carbonyl (C=O) groups excluding carboxylic acids is 1. The molecule has 1 atom stereocenters. The van der Waals surface area contributed by atoms with E-state index in [0.29, 0.717) is 13.2 Å². The molecule has 1 aromatic heterocycles. The molecule has 1 unspecified atom stereocenters. The van der Waals surface area contributed by atoms with Crippen molar-refractivity contribution in [2.75, 3.05) is 19.8 Å². The normalized spacial score (nSPS) is 19.0. The number of para-hydroxylation sites is 1. The molecule has 0 N–H and O–H groups in total. The molecule has 0 spiro atoms. The van der Waals surface area contributed by atoms with Crippen LogP contribution in [-0.4, -0.2) is 35.5 Å². The highest BCUT2D eigenvalue weighted by Crippen LogP contribution is 2.38. The van der Waals surface area contributed by atoms with Crippen LogP contribution in [0.2, 0.25) is 0 Å². The number of hydrogen-bond donors (Lipinski definition) is 0. The fraction of sp³-hybridized carbons (Fsp3) is 0.304. The molecule has 2 aliphatic heterocycles. The smallest absolute Gasteiger partial charge is 0.247 e. The van der Waals surface area contributed by atoms with Crippen molar-refractivity contribution in [2.45, 2.75) is 25.3 Å². The van der Waals surface area contributed by atoms with Crippen LogP contribution in [0.4, 0.5) is 0 Å². The van der Waals surface area contributed by atoms with Gasteiger partial charge in [-0.2, -0.15) is 0 Å².